The van der Waals surface area contributed by atoms with Gasteiger partial charge in [0.15, 0.2) is 17.7 Å². The first-order valence-electron chi connectivity index (χ1n) is 8.18. The molecule has 0 unspecified atom stereocenters. The topological polar surface area (TPSA) is 56.3 Å². The van der Waals surface area contributed by atoms with Crippen molar-refractivity contribution in [3.8, 4) is 0 Å². The number of carbonyl (C=O) groups is 2. The lowest BCUT2D eigenvalue weighted by Gasteiger charge is -2.11. The summed E-state index contributed by atoms with van der Waals surface area (Å²) in [5.41, 5.74) is 1.27. The highest BCUT2D eigenvalue weighted by Crippen LogP contribution is 2.14. The van der Waals surface area contributed by atoms with Gasteiger partial charge in [-0.15, -0.1) is 0 Å². The van der Waals surface area contributed by atoms with Gasteiger partial charge in [0.05, 0.1) is 11.2 Å². The van der Waals surface area contributed by atoms with Crippen LogP contribution in [0.5, 0.6) is 0 Å². The van der Waals surface area contributed by atoms with Gasteiger partial charge in [-0.3, -0.25) is 4.79 Å². The van der Waals surface area contributed by atoms with Crippen molar-refractivity contribution in [2.45, 2.75) is 13.0 Å². The zero-order valence-electron chi connectivity index (χ0n) is 14.4. The molecule has 27 heavy (non-hydrogen) atoms. The van der Waals surface area contributed by atoms with Gasteiger partial charge in [-0.05, 0) is 43.3 Å². The van der Waals surface area contributed by atoms with Crippen molar-refractivity contribution in [2.75, 3.05) is 0 Å². The minimum atomic E-state index is -1.14. The Bertz CT molecular complexity index is 1050. The number of para-hydroxylation sites is 1. The lowest BCUT2D eigenvalue weighted by molar-refractivity contribution is -0.140. The lowest BCUT2D eigenvalue weighted by atomic mass is 10.1. The Balaban J connectivity index is 1.65. The standard InChI is InChI=1S/C21H15F2NO3/c1-13(21(26)15-7-10-17(22)18(23)12-15)27-20(25)11-9-16-8-6-14-4-2-3-5-19(14)24-16/h2-13H,1H3/b11-9+/t13-/m1/s1. The Kier molecular flexibility index (Phi) is 5.35. The van der Waals surface area contributed by atoms with Gasteiger partial charge in [-0.25, -0.2) is 18.6 Å². The van der Waals surface area contributed by atoms with Gasteiger partial charge in [-0.1, -0.05) is 24.3 Å². The molecule has 0 saturated heterocycles. The molecule has 0 radical (unpaired) electrons. The predicted octanol–water partition coefficient (Wildman–Crippen LogP) is 4.34. The summed E-state index contributed by atoms with van der Waals surface area (Å²) in [6, 6.07) is 13.9. The van der Waals surface area contributed by atoms with Gasteiger partial charge in [0.25, 0.3) is 0 Å². The monoisotopic (exact) mass is 367 g/mol. The third kappa shape index (κ3) is 4.41. The summed E-state index contributed by atoms with van der Waals surface area (Å²) in [6.45, 7) is 1.36. The Morgan fingerprint density at radius 3 is 2.59 bits per heavy atom. The number of aromatic nitrogens is 1. The number of carbonyl (C=O) groups excluding carboxylic acids is 2. The quantitative estimate of drug-likeness (QED) is 0.382. The van der Waals surface area contributed by atoms with Crippen LogP contribution in [0, 0.1) is 11.6 Å². The summed E-state index contributed by atoms with van der Waals surface area (Å²) < 4.78 is 31.2. The van der Waals surface area contributed by atoms with Gasteiger partial charge < -0.3 is 4.74 Å². The van der Waals surface area contributed by atoms with Crippen LogP contribution in [0.15, 0.2) is 60.7 Å². The SMILES string of the molecule is C[C@@H](OC(=O)/C=C/c1ccc2ccccc2n1)C(=O)c1ccc(F)c(F)c1. The van der Waals surface area contributed by atoms with Gasteiger partial charge in [0, 0.05) is 17.0 Å². The number of Topliss-reactive ketones (excluding diaryl/α,β-unsaturated/α-hetero) is 1. The molecule has 0 saturated carbocycles. The van der Waals surface area contributed by atoms with E-state index in [4.69, 9.17) is 4.74 Å². The van der Waals surface area contributed by atoms with E-state index in [1.54, 1.807) is 6.07 Å². The third-order valence-corrected chi connectivity index (χ3v) is 3.88. The predicted molar refractivity (Wildman–Crippen MR) is 97.0 cm³/mol. The van der Waals surface area contributed by atoms with Crippen molar-refractivity contribution >= 4 is 28.7 Å². The summed E-state index contributed by atoms with van der Waals surface area (Å²) >= 11 is 0. The summed E-state index contributed by atoms with van der Waals surface area (Å²) in [5.74, 6) is -3.56. The minimum absolute atomic E-state index is 0.0747. The number of pyridine rings is 1. The van der Waals surface area contributed by atoms with Crippen molar-refractivity contribution in [1.82, 2.24) is 4.98 Å². The van der Waals surface area contributed by atoms with E-state index in [-0.39, 0.29) is 5.56 Å². The molecule has 1 aromatic heterocycles. The largest absolute Gasteiger partial charge is 0.451 e. The van der Waals surface area contributed by atoms with E-state index < -0.39 is 29.5 Å². The molecule has 0 aliphatic rings. The molecule has 0 aliphatic heterocycles. The van der Waals surface area contributed by atoms with Crippen molar-refractivity contribution in [1.29, 1.82) is 0 Å². The summed E-state index contributed by atoms with van der Waals surface area (Å²) in [7, 11) is 0. The van der Waals surface area contributed by atoms with Crippen LogP contribution in [0.2, 0.25) is 0 Å². The Labute approximate surface area is 154 Å². The fourth-order valence-electron chi connectivity index (χ4n) is 2.48. The molecule has 6 heteroatoms. The average molecular weight is 367 g/mol. The number of ether oxygens (including phenoxy) is 1. The second kappa shape index (κ2) is 7.86. The molecule has 1 atom stereocenters. The molecule has 0 spiro atoms. The molecule has 0 amide bonds. The number of hydrogen-bond acceptors (Lipinski definition) is 4. The van der Waals surface area contributed by atoms with E-state index in [1.807, 2.05) is 30.3 Å². The number of hydrogen-bond donors (Lipinski definition) is 0. The van der Waals surface area contributed by atoms with E-state index >= 15 is 0 Å². The maximum atomic E-state index is 13.2. The van der Waals surface area contributed by atoms with E-state index in [0.717, 1.165) is 35.2 Å². The van der Waals surface area contributed by atoms with Crippen LogP contribution in [0.4, 0.5) is 8.78 Å². The molecule has 3 aromatic rings. The van der Waals surface area contributed by atoms with Crippen molar-refractivity contribution in [3.63, 3.8) is 0 Å². The molecule has 0 fully saturated rings. The van der Waals surface area contributed by atoms with E-state index in [2.05, 4.69) is 4.98 Å². The van der Waals surface area contributed by atoms with Crippen LogP contribution >= 0.6 is 0 Å². The molecule has 3 rings (SSSR count). The van der Waals surface area contributed by atoms with Crippen molar-refractivity contribution in [3.05, 3.63) is 83.6 Å². The van der Waals surface area contributed by atoms with Gasteiger partial charge in [0.2, 0.25) is 5.78 Å². The smallest absolute Gasteiger partial charge is 0.331 e. The Morgan fingerprint density at radius 2 is 1.81 bits per heavy atom. The number of fused-ring (bicyclic) bond motifs is 1. The molecular weight excluding hydrogens is 352 g/mol. The first-order chi connectivity index (χ1) is 12.9. The zero-order valence-corrected chi connectivity index (χ0v) is 14.4. The normalized spacial score (nSPS) is 12.3. The fraction of sp³-hybridized carbons (Fsp3) is 0.0952. The molecule has 0 bridgehead atoms. The maximum Gasteiger partial charge on any atom is 0.331 e. The summed E-state index contributed by atoms with van der Waals surface area (Å²) in [5, 5.41) is 0.975. The van der Waals surface area contributed by atoms with Crippen LogP contribution in [-0.4, -0.2) is 22.8 Å². The third-order valence-electron chi connectivity index (χ3n) is 3.88. The molecular formula is C21H15F2NO3. The molecule has 0 N–H and O–H groups in total. The Morgan fingerprint density at radius 1 is 1.04 bits per heavy atom. The van der Waals surface area contributed by atoms with Gasteiger partial charge in [-0.2, -0.15) is 0 Å². The molecule has 136 valence electrons. The van der Waals surface area contributed by atoms with Crippen LogP contribution < -0.4 is 0 Å². The van der Waals surface area contributed by atoms with Crippen LogP contribution in [0.25, 0.3) is 17.0 Å². The second-order valence-corrected chi connectivity index (χ2v) is 5.83. The van der Waals surface area contributed by atoms with Crippen LogP contribution in [0.1, 0.15) is 23.0 Å². The minimum Gasteiger partial charge on any atom is -0.451 e. The number of benzene rings is 2. The number of ketones is 1. The van der Waals surface area contributed by atoms with Crippen molar-refractivity contribution in [2.24, 2.45) is 0 Å². The van der Waals surface area contributed by atoms with E-state index in [0.29, 0.717) is 5.69 Å². The first-order valence-corrected chi connectivity index (χ1v) is 8.18. The maximum absolute atomic E-state index is 13.2. The van der Waals surface area contributed by atoms with Crippen molar-refractivity contribution < 1.29 is 23.1 Å². The summed E-state index contributed by atoms with van der Waals surface area (Å²) in [4.78, 5) is 28.5. The first kappa shape index (κ1) is 18.4. The number of nitrogens with zero attached hydrogens (tertiary/aromatic N) is 1. The van der Waals surface area contributed by atoms with E-state index in [1.165, 1.54) is 13.0 Å². The molecule has 2 aromatic carbocycles. The van der Waals surface area contributed by atoms with Gasteiger partial charge >= 0.3 is 5.97 Å². The average Bonchev–Trinajstić information content (AvgIpc) is 2.67. The molecule has 4 nitrogen and oxygen atoms in total. The fourth-order valence-corrected chi connectivity index (χ4v) is 2.48. The highest BCUT2D eigenvalue weighted by atomic mass is 19.2. The summed E-state index contributed by atoms with van der Waals surface area (Å²) in [6.07, 6.45) is 1.49. The van der Waals surface area contributed by atoms with Crippen LogP contribution in [0.3, 0.4) is 0 Å². The Hall–Kier alpha value is -3.41. The highest BCUT2D eigenvalue weighted by molar-refractivity contribution is 6.01. The van der Waals surface area contributed by atoms with E-state index in [9.17, 15) is 18.4 Å². The second-order valence-electron chi connectivity index (χ2n) is 5.83. The number of esters is 1. The number of halogens is 2. The highest BCUT2D eigenvalue weighted by Gasteiger charge is 2.19. The van der Waals surface area contributed by atoms with Gasteiger partial charge in [0.1, 0.15) is 0 Å². The number of rotatable bonds is 5. The van der Waals surface area contributed by atoms with Crippen LogP contribution in [-0.2, 0) is 9.53 Å². The lowest BCUT2D eigenvalue weighted by Crippen LogP contribution is -2.23. The molecule has 0 aliphatic carbocycles. The zero-order chi connectivity index (χ0) is 19.4. The molecule has 1 heterocycles.